The van der Waals surface area contributed by atoms with Crippen molar-refractivity contribution < 1.29 is 0 Å². The zero-order valence-electron chi connectivity index (χ0n) is 16.2. The van der Waals surface area contributed by atoms with E-state index in [2.05, 4.69) is 64.8 Å². The lowest BCUT2D eigenvalue weighted by Gasteiger charge is -2.16. The van der Waals surface area contributed by atoms with Gasteiger partial charge in [-0.15, -0.1) is 0 Å². The van der Waals surface area contributed by atoms with Crippen molar-refractivity contribution >= 4 is 0 Å². The number of aromatic nitrogens is 3. The summed E-state index contributed by atoms with van der Waals surface area (Å²) in [5, 5.41) is 0. The van der Waals surface area contributed by atoms with Crippen LogP contribution in [0.25, 0.3) is 28.2 Å². The molecule has 0 fully saturated rings. The van der Waals surface area contributed by atoms with Gasteiger partial charge in [0, 0.05) is 29.3 Å². The summed E-state index contributed by atoms with van der Waals surface area (Å²) in [6.07, 6.45) is 3.91. The van der Waals surface area contributed by atoms with E-state index in [9.17, 15) is 0 Å². The molecule has 3 heteroatoms. The lowest BCUT2D eigenvalue weighted by atomic mass is 9.98. The molecule has 0 radical (unpaired) electrons. The second kappa shape index (κ2) is 6.84. The first-order valence-electron chi connectivity index (χ1n) is 9.19. The van der Waals surface area contributed by atoms with E-state index in [-0.39, 0.29) is 0 Å². The van der Waals surface area contributed by atoms with Crippen LogP contribution in [-0.4, -0.2) is 14.5 Å². The summed E-state index contributed by atoms with van der Waals surface area (Å²) < 4.78 is 2.19. The van der Waals surface area contributed by atoms with Crippen molar-refractivity contribution in [3.63, 3.8) is 0 Å². The Morgan fingerprint density at radius 3 is 1.93 bits per heavy atom. The largest absolute Gasteiger partial charge is 0.299 e. The van der Waals surface area contributed by atoms with Gasteiger partial charge in [-0.1, -0.05) is 30.3 Å². The van der Waals surface area contributed by atoms with E-state index in [0.717, 1.165) is 22.8 Å². The van der Waals surface area contributed by atoms with Crippen molar-refractivity contribution in [1.82, 2.24) is 14.5 Å². The summed E-state index contributed by atoms with van der Waals surface area (Å²) in [6, 6.07) is 19.1. The number of hydrogen-bond acceptors (Lipinski definition) is 2. The number of hydrogen-bond donors (Lipinski definition) is 0. The normalized spacial score (nSPS) is 11.0. The maximum absolute atomic E-state index is 4.60. The van der Waals surface area contributed by atoms with Crippen LogP contribution in [0, 0.1) is 27.7 Å². The maximum atomic E-state index is 4.60. The highest BCUT2D eigenvalue weighted by molar-refractivity contribution is 5.70. The van der Waals surface area contributed by atoms with Gasteiger partial charge >= 0.3 is 0 Å². The van der Waals surface area contributed by atoms with E-state index in [4.69, 9.17) is 0 Å². The SMILES string of the molecule is Cc1cc(-c2cc(C)c(-n3ccnc3-c3ccccc3)c(C)c2)cc(C)n1. The smallest absolute Gasteiger partial charge is 0.144 e. The molecule has 0 bridgehead atoms. The molecule has 4 rings (SSSR count). The summed E-state index contributed by atoms with van der Waals surface area (Å²) in [5.41, 5.74) is 9.30. The standard InChI is InChI=1S/C24H23N3/c1-16-12-21(22-14-18(3)26-19(4)15-22)13-17(2)23(16)27-11-10-25-24(27)20-8-6-5-7-9-20/h5-15H,1-4H3. The monoisotopic (exact) mass is 353 g/mol. The minimum atomic E-state index is 0.963. The van der Waals surface area contributed by atoms with E-state index in [1.54, 1.807) is 0 Å². The van der Waals surface area contributed by atoms with Crippen LogP contribution < -0.4 is 0 Å². The van der Waals surface area contributed by atoms with Crippen LogP contribution in [0.5, 0.6) is 0 Å². The Balaban J connectivity index is 1.84. The van der Waals surface area contributed by atoms with Crippen molar-refractivity contribution in [1.29, 1.82) is 0 Å². The molecule has 4 aromatic rings. The van der Waals surface area contributed by atoms with Crippen LogP contribution in [0.1, 0.15) is 22.5 Å². The highest BCUT2D eigenvalue weighted by Crippen LogP contribution is 2.31. The Morgan fingerprint density at radius 2 is 1.30 bits per heavy atom. The molecule has 0 saturated carbocycles. The van der Waals surface area contributed by atoms with Gasteiger partial charge in [-0.05, 0) is 74.2 Å². The van der Waals surface area contributed by atoms with Crippen molar-refractivity contribution in [3.8, 4) is 28.2 Å². The Bertz CT molecular complexity index is 1060. The van der Waals surface area contributed by atoms with Gasteiger partial charge < -0.3 is 0 Å². The average Bonchev–Trinajstić information content (AvgIpc) is 3.10. The molecule has 2 aromatic heterocycles. The Morgan fingerprint density at radius 1 is 0.704 bits per heavy atom. The van der Waals surface area contributed by atoms with E-state index >= 15 is 0 Å². The van der Waals surface area contributed by atoms with E-state index in [1.807, 2.05) is 44.4 Å². The summed E-state index contributed by atoms with van der Waals surface area (Å²) in [4.78, 5) is 9.10. The van der Waals surface area contributed by atoms with Crippen molar-refractivity contribution in [2.75, 3.05) is 0 Å². The van der Waals surface area contributed by atoms with Crippen LogP contribution in [0.2, 0.25) is 0 Å². The van der Waals surface area contributed by atoms with Gasteiger partial charge in [0.05, 0.1) is 5.69 Å². The van der Waals surface area contributed by atoms with Gasteiger partial charge in [0.25, 0.3) is 0 Å². The highest BCUT2D eigenvalue weighted by atomic mass is 15.1. The number of benzene rings is 2. The number of rotatable bonds is 3. The third kappa shape index (κ3) is 3.28. The van der Waals surface area contributed by atoms with Crippen molar-refractivity contribution in [2.45, 2.75) is 27.7 Å². The van der Waals surface area contributed by atoms with Gasteiger partial charge in [-0.25, -0.2) is 4.98 Å². The van der Waals surface area contributed by atoms with Gasteiger partial charge in [-0.2, -0.15) is 0 Å². The van der Waals surface area contributed by atoms with E-state index < -0.39 is 0 Å². The Hall–Kier alpha value is -3.20. The third-order valence-electron chi connectivity index (χ3n) is 4.82. The molecule has 0 atom stereocenters. The van der Waals surface area contributed by atoms with E-state index in [0.29, 0.717) is 0 Å². The number of aryl methyl sites for hydroxylation is 4. The molecule has 0 aliphatic carbocycles. The molecule has 0 N–H and O–H groups in total. The van der Waals surface area contributed by atoms with Crippen LogP contribution in [0.4, 0.5) is 0 Å². The minimum absolute atomic E-state index is 0.963. The van der Waals surface area contributed by atoms with Crippen LogP contribution in [0.15, 0.2) is 67.0 Å². The van der Waals surface area contributed by atoms with Crippen molar-refractivity contribution in [3.05, 3.63) is 89.5 Å². The van der Waals surface area contributed by atoms with Gasteiger partial charge in [-0.3, -0.25) is 9.55 Å². The molecule has 134 valence electrons. The molecule has 3 nitrogen and oxygen atoms in total. The molecule has 2 aromatic carbocycles. The van der Waals surface area contributed by atoms with Crippen LogP contribution in [0.3, 0.4) is 0 Å². The molecule has 0 unspecified atom stereocenters. The molecule has 0 amide bonds. The predicted octanol–water partition coefficient (Wildman–Crippen LogP) is 5.83. The van der Waals surface area contributed by atoms with Gasteiger partial charge in [0.1, 0.15) is 5.82 Å². The molecular weight excluding hydrogens is 330 g/mol. The zero-order valence-corrected chi connectivity index (χ0v) is 16.2. The van der Waals surface area contributed by atoms with Crippen molar-refractivity contribution in [2.24, 2.45) is 0 Å². The quantitative estimate of drug-likeness (QED) is 0.463. The Kier molecular flexibility index (Phi) is 4.36. The number of pyridine rings is 1. The average molecular weight is 353 g/mol. The topological polar surface area (TPSA) is 30.7 Å². The summed E-state index contributed by atoms with van der Waals surface area (Å²) in [6.45, 7) is 8.42. The Labute approximate surface area is 160 Å². The predicted molar refractivity (Wildman–Crippen MR) is 111 cm³/mol. The second-order valence-corrected chi connectivity index (χ2v) is 7.08. The molecular formula is C24H23N3. The highest BCUT2D eigenvalue weighted by Gasteiger charge is 2.13. The molecule has 0 spiro atoms. The summed E-state index contributed by atoms with van der Waals surface area (Å²) >= 11 is 0. The first-order chi connectivity index (χ1) is 13.0. The third-order valence-corrected chi connectivity index (χ3v) is 4.82. The number of imidazole rings is 1. The molecule has 2 heterocycles. The molecule has 0 aliphatic rings. The first-order valence-corrected chi connectivity index (χ1v) is 9.19. The zero-order chi connectivity index (χ0) is 19.0. The molecule has 0 saturated heterocycles. The molecule has 0 aliphatic heterocycles. The fraction of sp³-hybridized carbons (Fsp3) is 0.167. The maximum Gasteiger partial charge on any atom is 0.144 e. The van der Waals surface area contributed by atoms with E-state index in [1.165, 1.54) is 27.9 Å². The number of nitrogens with zero attached hydrogens (tertiary/aromatic N) is 3. The fourth-order valence-corrected chi connectivity index (χ4v) is 3.79. The van der Waals surface area contributed by atoms with Crippen LogP contribution in [-0.2, 0) is 0 Å². The van der Waals surface area contributed by atoms with Crippen LogP contribution >= 0.6 is 0 Å². The lowest BCUT2D eigenvalue weighted by Crippen LogP contribution is -2.02. The summed E-state index contributed by atoms with van der Waals surface area (Å²) in [5.74, 6) is 0.963. The van der Waals surface area contributed by atoms with Gasteiger partial charge in [0.15, 0.2) is 0 Å². The molecule has 27 heavy (non-hydrogen) atoms. The first kappa shape index (κ1) is 17.2. The second-order valence-electron chi connectivity index (χ2n) is 7.08. The summed E-state index contributed by atoms with van der Waals surface area (Å²) in [7, 11) is 0. The lowest BCUT2D eigenvalue weighted by molar-refractivity contribution is 1.03. The minimum Gasteiger partial charge on any atom is -0.299 e. The fourth-order valence-electron chi connectivity index (χ4n) is 3.79. The van der Waals surface area contributed by atoms with Gasteiger partial charge in [0.2, 0.25) is 0 Å².